The van der Waals surface area contributed by atoms with Crippen LogP contribution in [0.1, 0.15) is 92.1 Å². The highest BCUT2D eigenvalue weighted by Crippen LogP contribution is 2.81. The molecule has 2 heterocycles. The van der Waals surface area contributed by atoms with Gasteiger partial charge in [0.05, 0.1) is 41.5 Å². The van der Waals surface area contributed by atoms with Crippen molar-refractivity contribution in [2.24, 2.45) is 39.4 Å². The van der Waals surface area contributed by atoms with E-state index in [-0.39, 0.29) is 35.9 Å². The van der Waals surface area contributed by atoms with Crippen LogP contribution in [0.4, 0.5) is 0 Å². The summed E-state index contributed by atoms with van der Waals surface area (Å²) in [6.07, 6.45) is 14.9. The molecule has 11 heteroatoms. The van der Waals surface area contributed by atoms with Gasteiger partial charge in [0.2, 0.25) is 5.78 Å². The van der Waals surface area contributed by atoms with Crippen LogP contribution in [-0.2, 0) is 33.4 Å². The van der Waals surface area contributed by atoms with E-state index >= 15 is 0 Å². The first-order valence-corrected chi connectivity index (χ1v) is 18.7. The Morgan fingerprint density at radius 2 is 1.79 bits per heavy atom. The minimum absolute atomic E-state index is 0.0453. The lowest BCUT2D eigenvalue weighted by Crippen LogP contribution is -2.70. The summed E-state index contributed by atoms with van der Waals surface area (Å²) in [5.74, 6) is -3.60. The van der Waals surface area contributed by atoms with Crippen molar-refractivity contribution in [2.45, 2.75) is 117 Å². The number of carbonyl (C=O) groups excluding carboxylic acids is 5. The topological polar surface area (TPSA) is 181 Å². The molecule has 53 heavy (non-hydrogen) atoms. The van der Waals surface area contributed by atoms with E-state index in [4.69, 9.17) is 13.9 Å². The van der Waals surface area contributed by atoms with Gasteiger partial charge < -0.3 is 34.0 Å². The fraction of sp³-hybridized carbons (Fsp3) is 0.595. The normalized spacial score (nSPS) is 42.4. The highest BCUT2D eigenvalue weighted by molar-refractivity contribution is 6.06. The highest BCUT2D eigenvalue weighted by atomic mass is 16.6. The number of unbranched alkanes of at least 4 members (excludes halogenated alkanes) is 1. The Kier molecular flexibility index (Phi) is 9.82. The quantitative estimate of drug-likeness (QED) is 0.107. The highest BCUT2D eigenvalue weighted by Gasteiger charge is 2.89. The fourth-order valence-electron chi connectivity index (χ4n) is 11.3. The predicted molar refractivity (Wildman–Crippen MR) is 192 cm³/mol. The Labute approximate surface area is 310 Å². The van der Waals surface area contributed by atoms with Crippen LogP contribution >= 0.6 is 0 Å². The molecule has 4 fully saturated rings. The van der Waals surface area contributed by atoms with Gasteiger partial charge in [0, 0.05) is 23.7 Å². The summed E-state index contributed by atoms with van der Waals surface area (Å²) < 4.78 is 17.9. The monoisotopic (exact) mass is 732 g/mol. The largest absolute Gasteiger partial charge is 0.504 e. The molecular weight excluding hydrogens is 680 g/mol. The van der Waals surface area contributed by atoms with Crippen molar-refractivity contribution in [1.29, 1.82) is 0 Å². The van der Waals surface area contributed by atoms with E-state index in [1.54, 1.807) is 50.7 Å². The van der Waals surface area contributed by atoms with E-state index in [0.717, 1.165) is 18.4 Å². The number of aliphatic hydroxyl groups excluding tert-OH is 3. The second kappa shape index (κ2) is 13.4. The van der Waals surface area contributed by atoms with Crippen molar-refractivity contribution in [3.05, 3.63) is 71.9 Å². The van der Waals surface area contributed by atoms with Gasteiger partial charge in [-0.15, -0.1) is 0 Å². The summed E-state index contributed by atoms with van der Waals surface area (Å²) in [6, 6.07) is 1.95. The van der Waals surface area contributed by atoms with E-state index in [0.29, 0.717) is 24.7 Å². The molecule has 0 bridgehead atoms. The standard InChI is InChI=1S/C28H32O7.C14H20O4/c1-14(29)34-17-12-26(5)16(15-8-10-33-13-15)11-19-28(26,35-19)27(6)21(17)25(4)9-7-18(30)24(2,3)22(25)20(31)23(27)32;1-2-3-4-5-6-7-10-8-12(16)14(18)13(17)11(10)9-15/h7-10,13,16-17,19,21,31H,11-12H2,1-6H3;4-7,9-12,14,16,18H,2-3,8H2,1H3. The third-order valence-corrected chi connectivity index (χ3v) is 13.5. The number of fused-ring (bicyclic) bond motifs is 3. The van der Waals surface area contributed by atoms with Gasteiger partial charge >= 0.3 is 5.97 Å². The van der Waals surface area contributed by atoms with Crippen LogP contribution in [0.25, 0.3) is 0 Å². The van der Waals surface area contributed by atoms with Crippen molar-refractivity contribution in [2.75, 3.05) is 0 Å². The zero-order valence-corrected chi connectivity index (χ0v) is 31.5. The molecule has 1 aromatic heterocycles. The van der Waals surface area contributed by atoms with Gasteiger partial charge in [-0.25, -0.2) is 0 Å². The zero-order valence-electron chi connectivity index (χ0n) is 31.5. The van der Waals surface area contributed by atoms with Crippen LogP contribution in [0.5, 0.6) is 0 Å². The number of hydrogen-bond donors (Lipinski definition) is 3. The molecule has 5 aliphatic carbocycles. The van der Waals surface area contributed by atoms with E-state index < -0.39 is 74.9 Å². The smallest absolute Gasteiger partial charge is 0.302 e. The lowest BCUT2D eigenvalue weighted by Gasteiger charge is -2.64. The second-order valence-corrected chi connectivity index (χ2v) is 16.9. The number of aldehydes is 1. The number of aliphatic hydroxyl groups is 3. The number of allylic oxidation sites excluding steroid dienone is 8. The Morgan fingerprint density at radius 1 is 1.08 bits per heavy atom. The molecule has 12 unspecified atom stereocenters. The number of esters is 1. The molecule has 1 spiro atoms. The van der Waals surface area contributed by atoms with Gasteiger partial charge in [-0.05, 0) is 81.6 Å². The van der Waals surface area contributed by atoms with E-state index in [1.807, 2.05) is 32.1 Å². The molecule has 0 aromatic carbocycles. The first-order chi connectivity index (χ1) is 24.9. The fourth-order valence-corrected chi connectivity index (χ4v) is 11.3. The van der Waals surface area contributed by atoms with Crippen LogP contribution < -0.4 is 0 Å². The maximum absolute atomic E-state index is 14.3. The van der Waals surface area contributed by atoms with E-state index in [9.17, 15) is 39.3 Å². The molecule has 6 aliphatic rings. The summed E-state index contributed by atoms with van der Waals surface area (Å²) >= 11 is 0. The first-order valence-electron chi connectivity index (χ1n) is 18.7. The molecule has 1 saturated heterocycles. The Balaban J connectivity index is 0.000000227. The summed E-state index contributed by atoms with van der Waals surface area (Å²) in [4.78, 5) is 62.1. The molecule has 0 amide bonds. The molecule has 286 valence electrons. The number of hydrogen-bond acceptors (Lipinski definition) is 11. The van der Waals surface area contributed by atoms with Crippen LogP contribution in [-0.4, -0.2) is 74.9 Å². The minimum Gasteiger partial charge on any atom is -0.504 e. The van der Waals surface area contributed by atoms with Gasteiger partial charge in [-0.1, -0.05) is 57.6 Å². The molecule has 1 aromatic rings. The van der Waals surface area contributed by atoms with Crippen LogP contribution in [0.15, 0.2) is 70.8 Å². The lowest BCUT2D eigenvalue weighted by molar-refractivity contribution is -0.200. The summed E-state index contributed by atoms with van der Waals surface area (Å²) in [5.41, 5.74) is -3.06. The van der Waals surface area contributed by atoms with Gasteiger partial charge in [-0.3, -0.25) is 19.2 Å². The molecule has 1 aliphatic heterocycles. The average Bonchev–Trinajstić information content (AvgIpc) is 3.46. The maximum atomic E-state index is 14.3. The second-order valence-electron chi connectivity index (χ2n) is 16.9. The van der Waals surface area contributed by atoms with Crippen molar-refractivity contribution >= 4 is 29.6 Å². The summed E-state index contributed by atoms with van der Waals surface area (Å²) in [5, 5.41) is 30.5. The molecule has 7 rings (SSSR count). The number of ether oxygens (including phenoxy) is 2. The Bertz CT molecular complexity index is 1800. The van der Waals surface area contributed by atoms with Crippen molar-refractivity contribution in [1.82, 2.24) is 0 Å². The van der Waals surface area contributed by atoms with E-state index in [1.165, 1.54) is 6.92 Å². The SMILES string of the molecule is CC(=O)OC1CC2(C)C(c3ccoc3)CC3OC32C2(C)C(=O)C(O)=C3C(C)(C)C(=O)C=CC3(C)C12.CCCC=CC=CC1CC(O)C(O)C(=O)C1C=O. The molecule has 0 radical (unpaired) electrons. The number of rotatable bonds is 7. The van der Waals surface area contributed by atoms with Gasteiger partial charge in [0.1, 0.15) is 24.1 Å². The van der Waals surface area contributed by atoms with Gasteiger partial charge in [0.25, 0.3) is 0 Å². The number of furan rings is 1. The third kappa shape index (κ3) is 5.51. The van der Waals surface area contributed by atoms with Crippen molar-refractivity contribution in [3.63, 3.8) is 0 Å². The molecular formula is C42H52O11. The average molecular weight is 733 g/mol. The third-order valence-electron chi connectivity index (χ3n) is 13.5. The van der Waals surface area contributed by atoms with Crippen LogP contribution in [0.2, 0.25) is 0 Å². The molecule has 3 saturated carbocycles. The molecule has 3 N–H and O–H groups in total. The summed E-state index contributed by atoms with van der Waals surface area (Å²) in [6.45, 7) is 12.9. The summed E-state index contributed by atoms with van der Waals surface area (Å²) in [7, 11) is 0. The Hall–Kier alpha value is -3.93. The number of Topliss-reactive ketones (excluding diaryl/α,β-unsaturated/α-hetero) is 2. The van der Waals surface area contributed by atoms with Crippen LogP contribution in [0.3, 0.4) is 0 Å². The number of epoxide rings is 1. The lowest BCUT2D eigenvalue weighted by atomic mass is 9.38. The number of ketones is 3. The zero-order chi connectivity index (χ0) is 38.9. The van der Waals surface area contributed by atoms with Crippen molar-refractivity contribution < 1.29 is 53.2 Å². The van der Waals surface area contributed by atoms with Crippen molar-refractivity contribution in [3.8, 4) is 0 Å². The molecule has 11 nitrogen and oxygen atoms in total. The number of carbonyl (C=O) groups is 5. The maximum Gasteiger partial charge on any atom is 0.302 e. The predicted octanol–water partition coefficient (Wildman–Crippen LogP) is 5.46. The van der Waals surface area contributed by atoms with Gasteiger partial charge in [0.15, 0.2) is 17.3 Å². The minimum atomic E-state index is -1.43. The molecule has 12 atom stereocenters. The van der Waals surface area contributed by atoms with E-state index in [2.05, 4.69) is 13.8 Å². The first kappa shape index (κ1) is 38.8. The Morgan fingerprint density at radius 3 is 2.42 bits per heavy atom. The van der Waals surface area contributed by atoms with Crippen LogP contribution in [0, 0.1) is 39.4 Å². The van der Waals surface area contributed by atoms with Gasteiger partial charge in [-0.2, -0.15) is 0 Å².